The van der Waals surface area contributed by atoms with Gasteiger partial charge in [-0.15, -0.1) is 0 Å². The quantitative estimate of drug-likeness (QED) is 0.659. The monoisotopic (exact) mass is 348 g/mol. The van der Waals surface area contributed by atoms with Gasteiger partial charge in [0.15, 0.2) is 11.4 Å². The summed E-state index contributed by atoms with van der Waals surface area (Å²) in [7, 11) is 0. The average molecular weight is 348 g/mol. The van der Waals surface area contributed by atoms with Crippen LogP contribution in [-0.2, 0) is 18.9 Å². The van der Waals surface area contributed by atoms with Gasteiger partial charge in [0.05, 0.1) is 6.07 Å². The third kappa shape index (κ3) is 3.15. The van der Waals surface area contributed by atoms with Crippen molar-refractivity contribution in [1.29, 1.82) is 5.26 Å². The highest BCUT2D eigenvalue weighted by molar-refractivity contribution is 5.73. The molecule has 1 aromatic heterocycles. The number of aryl methyl sites for hydroxylation is 1. The molecule has 0 unspecified atom stereocenters. The second-order valence-electron chi connectivity index (χ2n) is 4.95. The lowest BCUT2D eigenvalue weighted by Crippen LogP contribution is -2.15. The highest BCUT2D eigenvalue weighted by Crippen LogP contribution is 2.44. The molecule has 0 amide bonds. The van der Waals surface area contributed by atoms with Crippen LogP contribution in [0.15, 0.2) is 18.2 Å². The molecule has 2 aromatic rings. The number of alkyl halides is 6. The van der Waals surface area contributed by atoms with Crippen molar-refractivity contribution in [3.8, 4) is 17.2 Å². The highest BCUT2D eigenvalue weighted by Gasteiger charge is 2.46. The van der Waals surface area contributed by atoms with Gasteiger partial charge in [0, 0.05) is 11.3 Å². The minimum absolute atomic E-state index is 0.0177. The van der Waals surface area contributed by atoms with Gasteiger partial charge in [0.25, 0.3) is 0 Å². The number of rotatable bonds is 2. The number of anilines is 1. The van der Waals surface area contributed by atoms with Crippen LogP contribution in [0.4, 0.5) is 32.0 Å². The van der Waals surface area contributed by atoms with E-state index in [1.54, 1.807) is 0 Å². The summed E-state index contributed by atoms with van der Waals surface area (Å²) in [6, 6.07) is 4.76. The Bertz CT molecular complexity index is 810. The van der Waals surface area contributed by atoms with E-state index in [9.17, 15) is 26.3 Å². The molecule has 0 saturated heterocycles. The van der Waals surface area contributed by atoms with Crippen molar-refractivity contribution in [2.75, 3.05) is 5.73 Å². The molecule has 0 bridgehead atoms. The van der Waals surface area contributed by atoms with Gasteiger partial charge < -0.3 is 5.73 Å². The Balaban J connectivity index is 2.89. The normalized spacial score (nSPS) is 12.2. The Morgan fingerprint density at radius 1 is 1.17 bits per heavy atom. The summed E-state index contributed by atoms with van der Waals surface area (Å²) in [5, 5.41) is 11.6. The maximum absolute atomic E-state index is 13.3. The SMILES string of the molecule is Cc1cc(-c2c(C(F)(F)F)nn(CC#N)c2C(F)(F)F)ccc1N. The number of benzene rings is 1. The van der Waals surface area contributed by atoms with E-state index in [1.807, 2.05) is 0 Å². The Labute approximate surface area is 132 Å². The Morgan fingerprint density at radius 2 is 1.79 bits per heavy atom. The minimum atomic E-state index is -5.13. The number of hydrogen-bond donors (Lipinski definition) is 1. The molecule has 2 N–H and O–H groups in total. The third-order valence-corrected chi connectivity index (χ3v) is 3.27. The zero-order valence-electron chi connectivity index (χ0n) is 12.1. The molecule has 128 valence electrons. The van der Waals surface area contributed by atoms with Crippen LogP contribution in [0, 0.1) is 18.3 Å². The Morgan fingerprint density at radius 3 is 2.25 bits per heavy atom. The topological polar surface area (TPSA) is 67.6 Å². The molecule has 0 aliphatic rings. The van der Waals surface area contributed by atoms with Crippen LogP contribution in [0.25, 0.3) is 11.1 Å². The predicted molar refractivity (Wildman–Crippen MR) is 72.4 cm³/mol. The van der Waals surface area contributed by atoms with Crippen molar-refractivity contribution < 1.29 is 26.3 Å². The maximum atomic E-state index is 13.3. The molecule has 0 fully saturated rings. The predicted octanol–water partition coefficient (Wildman–Crippen LogP) is 4.00. The van der Waals surface area contributed by atoms with Gasteiger partial charge in [0.1, 0.15) is 6.54 Å². The van der Waals surface area contributed by atoms with Crippen molar-refractivity contribution in [2.45, 2.75) is 25.8 Å². The fraction of sp³-hybridized carbons (Fsp3) is 0.286. The number of hydrogen-bond acceptors (Lipinski definition) is 3. The maximum Gasteiger partial charge on any atom is 0.435 e. The first-order valence-electron chi connectivity index (χ1n) is 6.45. The fourth-order valence-electron chi connectivity index (χ4n) is 2.23. The first-order valence-corrected chi connectivity index (χ1v) is 6.45. The van der Waals surface area contributed by atoms with Gasteiger partial charge in [-0.3, -0.25) is 0 Å². The number of nitrogens with two attached hydrogens (primary N) is 1. The number of halogens is 6. The van der Waals surface area contributed by atoms with Crippen molar-refractivity contribution in [3.05, 3.63) is 35.2 Å². The standard InChI is InChI=1S/C14H10F6N4/c1-7-6-8(2-3-9(7)22)10-11(13(15,16)17)23-24(5-4-21)12(10)14(18,19)20/h2-3,6H,5,22H2,1H3. The van der Waals surface area contributed by atoms with Crippen molar-refractivity contribution in [3.63, 3.8) is 0 Å². The smallest absolute Gasteiger partial charge is 0.399 e. The zero-order valence-corrected chi connectivity index (χ0v) is 12.1. The molecule has 24 heavy (non-hydrogen) atoms. The van der Waals surface area contributed by atoms with E-state index < -0.39 is 35.8 Å². The fourth-order valence-corrected chi connectivity index (χ4v) is 2.23. The molecule has 4 nitrogen and oxygen atoms in total. The average Bonchev–Trinajstić information content (AvgIpc) is 2.81. The van der Waals surface area contributed by atoms with Gasteiger partial charge in [-0.2, -0.15) is 36.7 Å². The molecule has 0 atom stereocenters. The second-order valence-corrected chi connectivity index (χ2v) is 4.95. The van der Waals surface area contributed by atoms with Crippen LogP contribution >= 0.6 is 0 Å². The molecular formula is C14H10F6N4. The summed E-state index contributed by atoms with van der Waals surface area (Å²) in [4.78, 5) is 0. The zero-order chi connectivity index (χ0) is 18.3. The van der Waals surface area contributed by atoms with Gasteiger partial charge in [-0.25, -0.2) is 4.68 Å². The van der Waals surface area contributed by atoms with E-state index in [2.05, 4.69) is 5.10 Å². The first-order chi connectivity index (χ1) is 11.0. The third-order valence-electron chi connectivity index (χ3n) is 3.27. The van der Waals surface area contributed by atoms with Crippen LogP contribution in [0.2, 0.25) is 0 Å². The van der Waals surface area contributed by atoms with Crippen LogP contribution in [0.5, 0.6) is 0 Å². The van der Waals surface area contributed by atoms with Gasteiger partial charge in [-0.1, -0.05) is 6.07 Å². The molecule has 0 saturated carbocycles. The van der Waals surface area contributed by atoms with E-state index in [1.165, 1.54) is 19.1 Å². The first kappa shape index (κ1) is 17.7. The summed E-state index contributed by atoms with van der Waals surface area (Å²) >= 11 is 0. The van der Waals surface area contributed by atoms with Crippen molar-refractivity contribution >= 4 is 5.69 Å². The lowest BCUT2D eigenvalue weighted by molar-refractivity contribution is -0.143. The lowest BCUT2D eigenvalue weighted by Gasteiger charge is -2.13. The Hall–Kier alpha value is -2.70. The van der Waals surface area contributed by atoms with Crippen LogP contribution in [0.3, 0.4) is 0 Å². The largest absolute Gasteiger partial charge is 0.435 e. The van der Waals surface area contributed by atoms with E-state index >= 15 is 0 Å². The van der Waals surface area contributed by atoms with E-state index in [-0.39, 0.29) is 15.9 Å². The number of nitrogen functional groups attached to an aromatic ring is 1. The van der Waals surface area contributed by atoms with Crippen LogP contribution in [-0.4, -0.2) is 9.78 Å². The molecule has 0 spiro atoms. The molecule has 1 heterocycles. The molecular weight excluding hydrogens is 338 g/mol. The molecule has 0 aliphatic carbocycles. The van der Waals surface area contributed by atoms with E-state index in [4.69, 9.17) is 11.0 Å². The van der Waals surface area contributed by atoms with Crippen molar-refractivity contribution in [1.82, 2.24) is 9.78 Å². The molecule has 0 radical (unpaired) electrons. The minimum Gasteiger partial charge on any atom is -0.399 e. The molecule has 10 heteroatoms. The molecule has 2 rings (SSSR count). The summed E-state index contributed by atoms with van der Waals surface area (Å²) in [6.07, 6.45) is -10.2. The molecule has 0 aliphatic heterocycles. The second kappa shape index (κ2) is 5.74. The van der Waals surface area contributed by atoms with Gasteiger partial charge in [0.2, 0.25) is 0 Å². The lowest BCUT2D eigenvalue weighted by atomic mass is 9.99. The number of nitriles is 1. The van der Waals surface area contributed by atoms with E-state index in [0.717, 1.165) is 12.1 Å². The van der Waals surface area contributed by atoms with Crippen LogP contribution in [0.1, 0.15) is 17.0 Å². The van der Waals surface area contributed by atoms with Crippen LogP contribution < -0.4 is 5.73 Å². The summed E-state index contributed by atoms with van der Waals surface area (Å²) in [5.74, 6) is 0. The van der Waals surface area contributed by atoms with E-state index in [0.29, 0.717) is 5.56 Å². The molecule has 1 aromatic carbocycles. The summed E-state index contributed by atoms with van der Waals surface area (Å²) < 4.78 is 79.6. The summed E-state index contributed by atoms with van der Waals surface area (Å²) in [5.41, 5.74) is 1.34. The summed E-state index contributed by atoms with van der Waals surface area (Å²) in [6.45, 7) is 0.491. The van der Waals surface area contributed by atoms with Gasteiger partial charge in [-0.05, 0) is 30.2 Å². The Kier molecular flexibility index (Phi) is 4.22. The highest BCUT2D eigenvalue weighted by atomic mass is 19.4. The number of nitrogens with zero attached hydrogens (tertiary/aromatic N) is 3. The van der Waals surface area contributed by atoms with Gasteiger partial charge >= 0.3 is 12.4 Å². The number of aromatic nitrogens is 2. The van der Waals surface area contributed by atoms with Crippen molar-refractivity contribution in [2.24, 2.45) is 0 Å².